The molecule has 19 heavy (non-hydrogen) atoms. The summed E-state index contributed by atoms with van der Waals surface area (Å²) >= 11 is 0. The fourth-order valence-electron chi connectivity index (χ4n) is 1.53. The molecule has 0 aliphatic rings. The van der Waals surface area contributed by atoms with Crippen molar-refractivity contribution in [2.24, 2.45) is 0 Å². The normalized spacial score (nSPS) is 13.2. The fourth-order valence-corrected chi connectivity index (χ4v) is 1.53. The number of likely N-dealkylation sites (N-methyl/N-ethyl adjacent to an activating group) is 1. The number of hydrogen-bond acceptors (Lipinski definition) is 6. The average molecular weight is 275 g/mol. The van der Waals surface area contributed by atoms with Gasteiger partial charge >= 0.3 is 11.9 Å². The number of carbonyl (C=O) groups excluding carboxylic acids is 2. The maximum Gasteiger partial charge on any atom is 0.319 e. The van der Waals surface area contributed by atoms with Crippen molar-refractivity contribution in [3.05, 3.63) is 0 Å². The Balaban J connectivity index is 4.19. The highest BCUT2D eigenvalue weighted by Crippen LogP contribution is 2.11. The van der Waals surface area contributed by atoms with Crippen molar-refractivity contribution < 1.29 is 24.2 Å². The van der Waals surface area contributed by atoms with Crippen LogP contribution in [0.1, 0.15) is 33.6 Å². The Bertz CT molecular complexity index is 298. The van der Waals surface area contributed by atoms with Crippen LogP contribution in [0.25, 0.3) is 0 Å². The summed E-state index contributed by atoms with van der Waals surface area (Å²) in [5.74, 6) is -0.685. The Morgan fingerprint density at radius 1 is 1.26 bits per heavy atom. The second-order valence-electron chi connectivity index (χ2n) is 5.45. The Hall–Kier alpha value is -1.14. The van der Waals surface area contributed by atoms with E-state index in [1.165, 1.54) is 7.11 Å². The van der Waals surface area contributed by atoms with Crippen LogP contribution < -0.4 is 0 Å². The maximum atomic E-state index is 11.6. The molecule has 6 heteroatoms. The SMILES string of the molecule is COC(=O)CN(C)[C@H](CO)CCC(=O)OC(C)(C)C. The highest BCUT2D eigenvalue weighted by molar-refractivity contribution is 5.71. The predicted molar refractivity (Wildman–Crippen MR) is 70.6 cm³/mol. The summed E-state index contributed by atoms with van der Waals surface area (Å²) in [5, 5.41) is 9.28. The van der Waals surface area contributed by atoms with Gasteiger partial charge in [0.2, 0.25) is 0 Å². The van der Waals surface area contributed by atoms with Crippen LogP contribution in [0.2, 0.25) is 0 Å². The number of rotatable bonds is 7. The number of ether oxygens (including phenoxy) is 2. The van der Waals surface area contributed by atoms with Crippen LogP contribution in [0.5, 0.6) is 0 Å². The van der Waals surface area contributed by atoms with E-state index in [0.29, 0.717) is 6.42 Å². The molecule has 0 radical (unpaired) electrons. The molecular formula is C13H25NO5. The van der Waals surface area contributed by atoms with E-state index in [4.69, 9.17) is 4.74 Å². The Morgan fingerprint density at radius 2 is 1.84 bits per heavy atom. The van der Waals surface area contributed by atoms with E-state index in [-0.39, 0.29) is 37.6 Å². The van der Waals surface area contributed by atoms with Crippen molar-refractivity contribution in [3.8, 4) is 0 Å². The lowest BCUT2D eigenvalue weighted by Gasteiger charge is -2.26. The third-order valence-electron chi connectivity index (χ3n) is 2.54. The first-order valence-corrected chi connectivity index (χ1v) is 6.29. The van der Waals surface area contributed by atoms with Gasteiger partial charge in [0.05, 0.1) is 20.3 Å². The molecule has 0 aromatic carbocycles. The van der Waals surface area contributed by atoms with Crippen molar-refractivity contribution in [2.45, 2.75) is 45.3 Å². The largest absolute Gasteiger partial charge is 0.468 e. The van der Waals surface area contributed by atoms with E-state index < -0.39 is 5.60 Å². The molecule has 6 nitrogen and oxygen atoms in total. The second-order valence-corrected chi connectivity index (χ2v) is 5.45. The zero-order chi connectivity index (χ0) is 15.1. The maximum absolute atomic E-state index is 11.6. The summed E-state index contributed by atoms with van der Waals surface area (Å²) in [4.78, 5) is 24.4. The first-order chi connectivity index (χ1) is 8.69. The molecule has 0 spiro atoms. The lowest BCUT2D eigenvalue weighted by atomic mass is 10.1. The molecule has 0 unspecified atom stereocenters. The van der Waals surface area contributed by atoms with Crippen molar-refractivity contribution in [3.63, 3.8) is 0 Å². The van der Waals surface area contributed by atoms with E-state index >= 15 is 0 Å². The lowest BCUT2D eigenvalue weighted by molar-refractivity contribution is -0.155. The van der Waals surface area contributed by atoms with Crippen molar-refractivity contribution in [2.75, 3.05) is 27.3 Å². The minimum absolute atomic E-state index is 0.0794. The molecule has 0 saturated carbocycles. The quantitative estimate of drug-likeness (QED) is 0.685. The number of nitrogens with zero attached hydrogens (tertiary/aromatic N) is 1. The minimum Gasteiger partial charge on any atom is -0.468 e. The molecule has 0 saturated heterocycles. The number of carbonyl (C=O) groups is 2. The summed E-state index contributed by atoms with van der Waals surface area (Å²) in [6.07, 6.45) is 0.632. The molecule has 0 aliphatic carbocycles. The summed E-state index contributed by atoms with van der Waals surface area (Å²) in [6, 6.07) is -0.272. The standard InChI is InChI=1S/C13H25NO5/c1-13(2,3)19-11(16)7-6-10(9-15)14(4)8-12(17)18-5/h10,15H,6-9H2,1-5H3/t10-/m0/s1. The highest BCUT2D eigenvalue weighted by Gasteiger charge is 2.21. The van der Waals surface area contributed by atoms with Gasteiger partial charge in [-0.2, -0.15) is 0 Å². The Kier molecular flexibility index (Phi) is 7.63. The number of hydrogen-bond donors (Lipinski definition) is 1. The van der Waals surface area contributed by atoms with Gasteiger partial charge in [-0.15, -0.1) is 0 Å². The highest BCUT2D eigenvalue weighted by atomic mass is 16.6. The van der Waals surface area contributed by atoms with Gasteiger partial charge in [0, 0.05) is 12.5 Å². The number of methoxy groups -OCH3 is 1. The Labute approximate surface area is 114 Å². The van der Waals surface area contributed by atoms with Gasteiger partial charge in [-0.1, -0.05) is 0 Å². The van der Waals surface area contributed by atoms with Gasteiger partial charge in [-0.25, -0.2) is 0 Å². The fraction of sp³-hybridized carbons (Fsp3) is 0.846. The summed E-state index contributed by atoms with van der Waals surface area (Å²) in [5.41, 5.74) is -0.510. The number of aliphatic hydroxyl groups is 1. The molecule has 112 valence electrons. The third kappa shape index (κ3) is 8.56. The molecule has 0 aromatic heterocycles. The number of aliphatic hydroxyl groups excluding tert-OH is 1. The van der Waals surface area contributed by atoms with Gasteiger partial charge in [0.15, 0.2) is 0 Å². The molecular weight excluding hydrogens is 250 g/mol. The molecule has 0 bridgehead atoms. The van der Waals surface area contributed by atoms with E-state index in [0.717, 1.165) is 0 Å². The van der Waals surface area contributed by atoms with Crippen LogP contribution in [0, 0.1) is 0 Å². The molecule has 0 heterocycles. The van der Waals surface area contributed by atoms with E-state index in [1.807, 2.05) is 0 Å². The van der Waals surface area contributed by atoms with E-state index in [9.17, 15) is 14.7 Å². The zero-order valence-electron chi connectivity index (χ0n) is 12.4. The molecule has 1 N–H and O–H groups in total. The van der Waals surface area contributed by atoms with Crippen LogP contribution in [-0.4, -0.2) is 60.9 Å². The smallest absolute Gasteiger partial charge is 0.319 e. The second kappa shape index (κ2) is 8.12. The molecule has 0 rings (SSSR count). The van der Waals surface area contributed by atoms with E-state index in [1.54, 1.807) is 32.7 Å². The van der Waals surface area contributed by atoms with Crippen LogP contribution in [0.4, 0.5) is 0 Å². The average Bonchev–Trinajstić information content (AvgIpc) is 2.27. The van der Waals surface area contributed by atoms with Gasteiger partial charge in [-0.05, 0) is 34.2 Å². The molecule has 1 atom stereocenters. The van der Waals surface area contributed by atoms with Crippen molar-refractivity contribution in [1.82, 2.24) is 4.90 Å². The summed E-state index contributed by atoms with van der Waals surface area (Å²) < 4.78 is 9.74. The van der Waals surface area contributed by atoms with Gasteiger partial charge < -0.3 is 14.6 Å². The monoisotopic (exact) mass is 275 g/mol. The molecule has 0 amide bonds. The Morgan fingerprint density at radius 3 is 2.26 bits per heavy atom. The summed E-state index contributed by atoms with van der Waals surface area (Å²) in [6.45, 7) is 5.36. The van der Waals surface area contributed by atoms with Gasteiger partial charge in [0.1, 0.15) is 5.60 Å². The van der Waals surface area contributed by atoms with E-state index in [2.05, 4.69) is 4.74 Å². The van der Waals surface area contributed by atoms with Crippen LogP contribution in [0.15, 0.2) is 0 Å². The van der Waals surface area contributed by atoms with Crippen molar-refractivity contribution >= 4 is 11.9 Å². The topological polar surface area (TPSA) is 76.1 Å². The molecule has 0 aliphatic heterocycles. The van der Waals surface area contributed by atoms with Crippen molar-refractivity contribution in [1.29, 1.82) is 0 Å². The van der Waals surface area contributed by atoms with Crippen LogP contribution in [0.3, 0.4) is 0 Å². The van der Waals surface area contributed by atoms with Crippen LogP contribution >= 0.6 is 0 Å². The van der Waals surface area contributed by atoms with Crippen LogP contribution in [-0.2, 0) is 19.1 Å². The zero-order valence-corrected chi connectivity index (χ0v) is 12.4. The van der Waals surface area contributed by atoms with Gasteiger partial charge in [0.25, 0.3) is 0 Å². The first kappa shape index (κ1) is 17.9. The number of esters is 2. The van der Waals surface area contributed by atoms with Gasteiger partial charge in [-0.3, -0.25) is 14.5 Å². The lowest BCUT2D eigenvalue weighted by Crippen LogP contribution is -2.39. The molecule has 0 aromatic rings. The predicted octanol–water partition coefficient (Wildman–Crippen LogP) is 0.574. The summed E-state index contributed by atoms with van der Waals surface area (Å²) in [7, 11) is 3.01. The minimum atomic E-state index is -0.510. The third-order valence-corrected chi connectivity index (χ3v) is 2.54. The molecule has 0 fully saturated rings. The first-order valence-electron chi connectivity index (χ1n) is 6.29.